The molecule has 3 fully saturated rings. The molecule has 1 saturated carbocycles. The first-order valence-electron chi connectivity index (χ1n) is 13.4. The largest absolute Gasteiger partial charge is 0.490 e. The molecular formula is C27H37F4N3O5. The van der Waals surface area contributed by atoms with E-state index in [1.165, 1.54) is 5.56 Å². The summed E-state index contributed by atoms with van der Waals surface area (Å²) in [7, 11) is 0. The van der Waals surface area contributed by atoms with Crippen LogP contribution in [-0.4, -0.2) is 88.5 Å². The van der Waals surface area contributed by atoms with Gasteiger partial charge in [0.05, 0.1) is 0 Å². The Morgan fingerprint density at radius 1 is 1.03 bits per heavy atom. The number of aliphatic hydroxyl groups is 1. The molecule has 1 aliphatic carbocycles. The molecule has 2 amide bonds. The van der Waals surface area contributed by atoms with Gasteiger partial charge in [0.2, 0.25) is 11.8 Å². The van der Waals surface area contributed by atoms with Crippen molar-refractivity contribution in [3.8, 4) is 0 Å². The number of nitrogens with two attached hydrogens (primary N) is 1. The van der Waals surface area contributed by atoms with Gasteiger partial charge in [0.1, 0.15) is 12.8 Å². The molecule has 12 heteroatoms. The number of rotatable bonds is 8. The Bertz CT molecular complexity index is 986. The van der Waals surface area contributed by atoms with E-state index in [4.69, 9.17) is 15.6 Å². The second-order valence-corrected chi connectivity index (χ2v) is 10.7. The molecule has 218 valence electrons. The third-order valence-corrected chi connectivity index (χ3v) is 8.14. The number of carbonyl (C=O) groups is 3. The van der Waals surface area contributed by atoms with Gasteiger partial charge < -0.3 is 20.8 Å². The standard InChI is InChI=1S/C25H36FN3O3.C2HF3O2/c26-21-6-4-17(5-7-21)15-28(24(31)16-30)10-11-29-22-8-9-23(29)14-20(13-22)18-2-1-3-19(12-18)25(27)32;3-2(4,5)1(6)7/h1-3,12,17,20-23,30H,4-11,13-16H2,(H2,27,32);(H,6,7)/t17?,20?,21?,22-,23+;. The zero-order valence-electron chi connectivity index (χ0n) is 21.8. The number of carboxylic acid groups (broad SMARTS) is 1. The van der Waals surface area contributed by atoms with Crippen molar-refractivity contribution in [3.63, 3.8) is 0 Å². The second-order valence-electron chi connectivity index (χ2n) is 10.7. The van der Waals surface area contributed by atoms with Crippen LogP contribution in [0.4, 0.5) is 17.6 Å². The Kier molecular flexibility index (Phi) is 10.7. The summed E-state index contributed by atoms with van der Waals surface area (Å²) >= 11 is 0. The zero-order valence-corrected chi connectivity index (χ0v) is 21.8. The smallest absolute Gasteiger partial charge is 0.475 e. The number of hydrogen-bond acceptors (Lipinski definition) is 5. The van der Waals surface area contributed by atoms with Gasteiger partial charge in [-0.05, 0) is 80.9 Å². The van der Waals surface area contributed by atoms with Gasteiger partial charge in [0.25, 0.3) is 0 Å². The number of primary amides is 1. The fourth-order valence-electron chi connectivity index (χ4n) is 6.13. The van der Waals surface area contributed by atoms with Gasteiger partial charge in [-0.3, -0.25) is 14.5 Å². The predicted molar refractivity (Wildman–Crippen MR) is 135 cm³/mol. The number of nitrogens with zero attached hydrogens (tertiary/aromatic N) is 2. The first kappa shape index (κ1) is 30.8. The molecule has 4 rings (SSSR count). The summed E-state index contributed by atoms with van der Waals surface area (Å²) in [4.78, 5) is 37.2. The first-order valence-corrected chi connectivity index (χ1v) is 13.4. The Balaban J connectivity index is 0.000000532. The fourth-order valence-corrected chi connectivity index (χ4v) is 6.13. The summed E-state index contributed by atoms with van der Waals surface area (Å²) in [6.45, 7) is 1.58. The fraction of sp³-hybridized carbons (Fsp3) is 0.667. The molecule has 0 spiro atoms. The van der Waals surface area contributed by atoms with Crippen LogP contribution in [0.5, 0.6) is 0 Å². The van der Waals surface area contributed by atoms with E-state index >= 15 is 0 Å². The molecule has 3 atom stereocenters. The van der Waals surface area contributed by atoms with Gasteiger partial charge >= 0.3 is 12.1 Å². The van der Waals surface area contributed by atoms with Crippen molar-refractivity contribution >= 4 is 17.8 Å². The maximum atomic E-state index is 13.5. The predicted octanol–water partition coefficient (Wildman–Crippen LogP) is 3.48. The molecule has 2 bridgehead atoms. The van der Waals surface area contributed by atoms with Crippen molar-refractivity contribution in [2.45, 2.75) is 81.7 Å². The third-order valence-electron chi connectivity index (χ3n) is 8.14. The van der Waals surface area contributed by atoms with E-state index < -0.39 is 24.9 Å². The summed E-state index contributed by atoms with van der Waals surface area (Å²) in [5, 5.41) is 16.6. The quantitative estimate of drug-likeness (QED) is 0.419. The molecule has 4 N–H and O–H groups in total. The maximum Gasteiger partial charge on any atom is 0.490 e. The Morgan fingerprint density at radius 3 is 2.13 bits per heavy atom. The molecule has 3 aliphatic rings. The van der Waals surface area contributed by atoms with Gasteiger partial charge in [-0.25, -0.2) is 9.18 Å². The van der Waals surface area contributed by atoms with Gasteiger partial charge in [-0.2, -0.15) is 13.2 Å². The van der Waals surface area contributed by atoms with E-state index in [9.17, 15) is 32.3 Å². The highest BCUT2D eigenvalue weighted by Gasteiger charge is 2.41. The summed E-state index contributed by atoms with van der Waals surface area (Å²) in [6.07, 6.45) is 1.43. The average Bonchev–Trinajstić information content (AvgIpc) is 3.13. The molecule has 1 unspecified atom stereocenters. The van der Waals surface area contributed by atoms with Crippen LogP contribution in [0.2, 0.25) is 0 Å². The number of amides is 2. The average molecular weight is 560 g/mol. The number of carboxylic acids is 1. The summed E-state index contributed by atoms with van der Waals surface area (Å²) in [5.41, 5.74) is 7.22. The van der Waals surface area contributed by atoms with E-state index in [2.05, 4.69) is 11.0 Å². The van der Waals surface area contributed by atoms with E-state index in [0.717, 1.165) is 45.1 Å². The molecule has 0 radical (unpaired) electrons. The number of aliphatic hydroxyl groups excluding tert-OH is 1. The summed E-state index contributed by atoms with van der Waals surface area (Å²) in [5.74, 6) is -2.61. The maximum absolute atomic E-state index is 13.5. The van der Waals surface area contributed by atoms with E-state index in [1.54, 1.807) is 11.0 Å². The third kappa shape index (κ3) is 8.63. The van der Waals surface area contributed by atoms with Crippen LogP contribution in [0.1, 0.15) is 73.2 Å². The van der Waals surface area contributed by atoms with Crippen LogP contribution in [0, 0.1) is 5.92 Å². The lowest BCUT2D eigenvalue weighted by molar-refractivity contribution is -0.192. The summed E-state index contributed by atoms with van der Waals surface area (Å²) < 4.78 is 45.2. The Hall–Kier alpha value is -2.73. The molecule has 8 nitrogen and oxygen atoms in total. The number of benzene rings is 1. The minimum absolute atomic E-state index is 0.224. The number of halogens is 4. The van der Waals surface area contributed by atoms with Crippen LogP contribution in [0.3, 0.4) is 0 Å². The monoisotopic (exact) mass is 559 g/mol. The lowest BCUT2D eigenvalue weighted by Crippen LogP contribution is -2.48. The second kappa shape index (κ2) is 13.6. The molecule has 1 aromatic carbocycles. The molecule has 2 aliphatic heterocycles. The van der Waals surface area contributed by atoms with Gasteiger partial charge in [0, 0.05) is 37.3 Å². The molecule has 0 aromatic heterocycles. The Labute approximate surface area is 225 Å². The highest BCUT2D eigenvalue weighted by atomic mass is 19.4. The van der Waals surface area contributed by atoms with Crippen LogP contribution < -0.4 is 5.73 Å². The van der Waals surface area contributed by atoms with Crippen LogP contribution >= 0.6 is 0 Å². The van der Waals surface area contributed by atoms with Gasteiger partial charge in [-0.1, -0.05) is 12.1 Å². The van der Waals surface area contributed by atoms with Gasteiger partial charge in [-0.15, -0.1) is 0 Å². The van der Waals surface area contributed by atoms with Crippen molar-refractivity contribution in [2.75, 3.05) is 26.2 Å². The topological polar surface area (TPSA) is 124 Å². The highest BCUT2D eigenvalue weighted by Crippen LogP contribution is 2.43. The Morgan fingerprint density at radius 2 is 1.62 bits per heavy atom. The van der Waals surface area contributed by atoms with E-state index in [0.29, 0.717) is 55.4 Å². The number of alkyl halides is 4. The normalized spacial score (nSPS) is 26.8. The van der Waals surface area contributed by atoms with Crippen molar-refractivity contribution in [3.05, 3.63) is 35.4 Å². The minimum atomic E-state index is -5.08. The molecule has 1 aromatic rings. The first-order chi connectivity index (χ1) is 18.4. The molecular weight excluding hydrogens is 522 g/mol. The van der Waals surface area contributed by atoms with Crippen LogP contribution in [0.25, 0.3) is 0 Å². The molecule has 2 saturated heterocycles. The van der Waals surface area contributed by atoms with Crippen LogP contribution in [0.15, 0.2) is 24.3 Å². The van der Waals surface area contributed by atoms with Crippen molar-refractivity contribution < 1.29 is 42.2 Å². The SMILES string of the molecule is NC(=O)c1cccc(C2C[C@H]3CC[C@@H](C2)N3CCN(CC2CCC(F)CC2)C(=O)CO)c1.O=C(O)C(F)(F)F. The number of fused-ring (bicyclic) bond motifs is 2. The lowest BCUT2D eigenvalue weighted by atomic mass is 9.84. The van der Waals surface area contributed by atoms with Gasteiger partial charge in [0.15, 0.2) is 0 Å². The number of aliphatic carboxylic acids is 1. The molecule has 39 heavy (non-hydrogen) atoms. The number of hydrogen-bond donors (Lipinski definition) is 3. The van der Waals surface area contributed by atoms with Crippen molar-refractivity contribution in [1.82, 2.24) is 9.80 Å². The number of carbonyl (C=O) groups excluding carboxylic acids is 2. The van der Waals surface area contributed by atoms with Crippen molar-refractivity contribution in [1.29, 1.82) is 0 Å². The minimum Gasteiger partial charge on any atom is -0.475 e. The lowest BCUT2D eigenvalue weighted by Gasteiger charge is -2.40. The highest BCUT2D eigenvalue weighted by molar-refractivity contribution is 5.92. The molecule has 2 heterocycles. The van der Waals surface area contributed by atoms with Crippen LogP contribution in [-0.2, 0) is 9.59 Å². The van der Waals surface area contributed by atoms with E-state index in [1.807, 2.05) is 12.1 Å². The van der Waals surface area contributed by atoms with E-state index in [-0.39, 0.29) is 11.8 Å². The zero-order chi connectivity index (χ0) is 28.7. The van der Waals surface area contributed by atoms with Crippen molar-refractivity contribution in [2.24, 2.45) is 11.7 Å². The summed E-state index contributed by atoms with van der Waals surface area (Å²) in [6, 6.07) is 8.67. The number of piperidine rings is 1.